The Kier molecular flexibility index (Phi) is 7.00. The zero-order valence-corrected chi connectivity index (χ0v) is 20.2. The number of rotatable bonds is 8. The Hall–Kier alpha value is -3.22. The van der Waals surface area contributed by atoms with Crippen LogP contribution in [-0.2, 0) is 16.0 Å². The van der Waals surface area contributed by atoms with Gasteiger partial charge in [-0.05, 0) is 50.8 Å². The molecule has 0 aromatic heterocycles. The number of carboxylic acids is 1. The van der Waals surface area contributed by atoms with E-state index in [2.05, 4.69) is 17.0 Å². The van der Waals surface area contributed by atoms with Crippen LogP contribution in [0.4, 0.5) is 5.69 Å². The Morgan fingerprint density at radius 3 is 2.41 bits per heavy atom. The summed E-state index contributed by atoms with van der Waals surface area (Å²) in [5, 5.41) is 9.86. The molecule has 0 spiro atoms. The van der Waals surface area contributed by atoms with Crippen molar-refractivity contribution in [2.24, 2.45) is 5.41 Å². The first-order valence-electron chi connectivity index (χ1n) is 12.0. The number of piperazine rings is 1. The van der Waals surface area contributed by atoms with Crippen LogP contribution in [0.15, 0.2) is 48.5 Å². The quantitative estimate of drug-likeness (QED) is 0.593. The minimum Gasteiger partial charge on any atom is -0.493 e. The normalized spacial score (nSPS) is 19.5. The molecule has 2 fully saturated rings. The zero-order valence-electron chi connectivity index (χ0n) is 20.2. The molecule has 1 N–H and O–H groups in total. The molecule has 1 heterocycles. The molecule has 7 heteroatoms. The van der Waals surface area contributed by atoms with Crippen LogP contribution in [-0.4, -0.2) is 60.8 Å². The van der Waals surface area contributed by atoms with Crippen molar-refractivity contribution in [2.75, 3.05) is 31.6 Å². The van der Waals surface area contributed by atoms with Crippen molar-refractivity contribution >= 4 is 17.6 Å². The largest absolute Gasteiger partial charge is 0.493 e. The molecule has 2 aromatic carbocycles. The third-order valence-corrected chi connectivity index (χ3v) is 6.96. The van der Waals surface area contributed by atoms with E-state index in [0.717, 1.165) is 17.7 Å². The second-order valence-electron chi connectivity index (χ2n) is 9.53. The molecule has 2 aliphatic rings. The van der Waals surface area contributed by atoms with Gasteiger partial charge in [0.15, 0.2) is 11.5 Å². The van der Waals surface area contributed by atoms with Crippen LogP contribution in [0.1, 0.15) is 38.7 Å². The summed E-state index contributed by atoms with van der Waals surface area (Å²) in [5.74, 6) is 0.147. The summed E-state index contributed by atoms with van der Waals surface area (Å²) in [6, 6.07) is 15.8. The maximum atomic E-state index is 13.5. The molecule has 2 aromatic rings. The molecule has 1 saturated heterocycles. The average Bonchev–Trinajstić information content (AvgIpc) is 2.78. The van der Waals surface area contributed by atoms with Crippen LogP contribution in [0, 0.1) is 5.41 Å². The highest BCUT2D eigenvalue weighted by atomic mass is 16.5. The van der Waals surface area contributed by atoms with Gasteiger partial charge in [-0.25, -0.2) is 0 Å². The predicted octanol–water partition coefficient (Wildman–Crippen LogP) is 4.00. The fraction of sp³-hybridized carbons (Fsp3) is 0.481. The summed E-state index contributed by atoms with van der Waals surface area (Å²) in [7, 11) is 1.63. The molecular formula is C27H34N2O5. The van der Waals surface area contributed by atoms with Crippen molar-refractivity contribution in [3.8, 4) is 11.5 Å². The van der Waals surface area contributed by atoms with Crippen LogP contribution in [0.25, 0.3) is 0 Å². The lowest BCUT2D eigenvalue weighted by Crippen LogP contribution is -2.62. The molecule has 0 unspecified atom stereocenters. The second-order valence-corrected chi connectivity index (χ2v) is 9.53. The molecule has 34 heavy (non-hydrogen) atoms. The van der Waals surface area contributed by atoms with Crippen LogP contribution in [0.5, 0.6) is 11.5 Å². The van der Waals surface area contributed by atoms with Gasteiger partial charge in [-0.15, -0.1) is 0 Å². The Labute approximate surface area is 201 Å². The van der Waals surface area contributed by atoms with Crippen molar-refractivity contribution in [3.05, 3.63) is 54.1 Å². The third-order valence-electron chi connectivity index (χ3n) is 6.96. The number of anilines is 1. The highest BCUT2D eigenvalue weighted by molar-refractivity contribution is 6.03. The topological polar surface area (TPSA) is 79.3 Å². The standard InChI is InChI=1S/C27H34N2O5/c1-19(2)34-24-17-21(10-11-23(24)33-3)28-14-15-29(25(30)27(26(31)32)12-7-13-27)22(18-28)16-20-8-5-4-6-9-20/h4-6,8-11,17,19,22H,7,12-16,18H2,1-3H3,(H,31,32)/t22-/m0/s1. The predicted molar refractivity (Wildman–Crippen MR) is 131 cm³/mol. The van der Waals surface area contributed by atoms with E-state index in [9.17, 15) is 14.7 Å². The van der Waals surface area contributed by atoms with Crippen molar-refractivity contribution < 1.29 is 24.2 Å². The van der Waals surface area contributed by atoms with Crippen molar-refractivity contribution in [1.82, 2.24) is 4.90 Å². The van der Waals surface area contributed by atoms with Crippen LogP contribution < -0.4 is 14.4 Å². The van der Waals surface area contributed by atoms with Crippen molar-refractivity contribution in [1.29, 1.82) is 0 Å². The summed E-state index contributed by atoms with van der Waals surface area (Å²) in [6.45, 7) is 5.68. The van der Waals surface area contributed by atoms with Gasteiger partial charge in [0, 0.05) is 31.4 Å². The highest BCUT2D eigenvalue weighted by Gasteiger charge is 2.54. The lowest BCUT2D eigenvalue weighted by Gasteiger charge is -2.47. The summed E-state index contributed by atoms with van der Waals surface area (Å²) in [5.41, 5.74) is 0.872. The van der Waals surface area contributed by atoms with E-state index < -0.39 is 11.4 Å². The molecule has 4 rings (SSSR count). The zero-order chi connectivity index (χ0) is 24.3. The van der Waals surface area contributed by atoms with E-state index in [-0.39, 0.29) is 18.1 Å². The number of ether oxygens (including phenoxy) is 2. The van der Waals surface area contributed by atoms with E-state index in [4.69, 9.17) is 9.47 Å². The number of carbonyl (C=O) groups excluding carboxylic acids is 1. The maximum Gasteiger partial charge on any atom is 0.319 e. The van der Waals surface area contributed by atoms with Gasteiger partial charge in [0.1, 0.15) is 5.41 Å². The van der Waals surface area contributed by atoms with Crippen molar-refractivity contribution in [2.45, 2.75) is 51.7 Å². The van der Waals surface area contributed by atoms with Gasteiger partial charge < -0.3 is 24.4 Å². The average molecular weight is 467 g/mol. The van der Waals surface area contributed by atoms with Gasteiger partial charge in [0.05, 0.1) is 19.3 Å². The first-order valence-corrected chi connectivity index (χ1v) is 12.0. The summed E-state index contributed by atoms with van der Waals surface area (Å²) < 4.78 is 11.4. The molecule has 1 aliphatic carbocycles. The molecule has 7 nitrogen and oxygen atoms in total. The fourth-order valence-corrected chi connectivity index (χ4v) is 4.95. The SMILES string of the molecule is COc1ccc(N2CCN(C(=O)C3(C(=O)O)CCC3)[C@@H](Cc3ccccc3)C2)cc1OC(C)C. The van der Waals surface area contributed by atoms with Crippen LogP contribution >= 0.6 is 0 Å². The Balaban J connectivity index is 1.61. The number of amides is 1. The van der Waals surface area contributed by atoms with E-state index in [0.29, 0.717) is 50.4 Å². The Bertz CT molecular complexity index is 1020. The molecule has 0 bridgehead atoms. The van der Waals surface area contributed by atoms with Gasteiger partial charge in [-0.3, -0.25) is 9.59 Å². The van der Waals surface area contributed by atoms with Crippen LogP contribution in [0.3, 0.4) is 0 Å². The molecule has 1 atom stereocenters. The molecule has 0 radical (unpaired) electrons. The second kappa shape index (κ2) is 9.95. The van der Waals surface area contributed by atoms with Gasteiger partial charge in [0.2, 0.25) is 5.91 Å². The summed E-state index contributed by atoms with van der Waals surface area (Å²) in [4.78, 5) is 29.7. The number of hydrogen-bond donors (Lipinski definition) is 1. The Morgan fingerprint density at radius 1 is 1.09 bits per heavy atom. The van der Waals surface area contributed by atoms with Gasteiger partial charge in [-0.1, -0.05) is 36.8 Å². The van der Waals surface area contributed by atoms with Gasteiger partial charge in [0.25, 0.3) is 0 Å². The van der Waals surface area contributed by atoms with Crippen LogP contribution in [0.2, 0.25) is 0 Å². The maximum absolute atomic E-state index is 13.5. The van der Waals surface area contributed by atoms with Crippen molar-refractivity contribution in [3.63, 3.8) is 0 Å². The molecule has 1 aliphatic heterocycles. The first kappa shape index (κ1) is 23.9. The molecular weight excluding hydrogens is 432 g/mol. The molecule has 1 saturated carbocycles. The minimum absolute atomic E-state index is 0.0131. The molecule has 182 valence electrons. The fourth-order valence-electron chi connectivity index (χ4n) is 4.95. The highest BCUT2D eigenvalue weighted by Crippen LogP contribution is 2.44. The summed E-state index contributed by atoms with van der Waals surface area (Å²) >= 11 is 0. The van der Waals surface area contributed by atoms with Gasteiger partial charge >= 0.3 is 5.97 Å². The first-order chi connectivity index (χ1) is 16.3. The number of methoxy groups -OCH3 is 1. The number of hydrogen-bond acceptors (Lipinski definition) is 5. The lowest BCUT2D eigenvalue weighted by atomic mass is 9.67. The van der Waals surface area contributed by atoms with E-state index in [1.807, 2.05) is 55.1 Å². The number of benzene rings is 2. The number of nitrogens with zero attached hydrogens (tertiary/aromatic N) is 2. The number of carbonyl (C=O) groups is 2. The number of aliphatic carboxylic acids is 1. The van der Waals surface area contributed by atoms with E-state index in [1.165, 1.54) is 0 Å². The third kappa shape index (κ3) is 4.69. The molecule has 1 amide bonds. The Morgan fingerprint density at radius 2 is 1.82 bits per heavy atom. The smallest absolute Gasteiger partial charge is 0.319 e. The summed E-state index contributed by atoms with van der Waals surface area (Å²) in [6.07, 6.45) is 2.32. The van der Waals surface area contributed by atoms with Gasteiger partial charge in [-0.2, -0.15) is 0 Å². The van der Waals surface area contributed by atoms with E-state index in [1.54, 1.807) is 7.11 Å². The number of carboxylic acid groups (broad SMARTS) is 1. The lowest BCUT2D eigenvalue weighted by molar-refractivity contribution is -0.169. The monoisotopic (exact) mass is 466 g/mol. The van der Waals surface area contributed by atoms with E-state index >= 15 is 0 Å². The minimum atomic E-state index is -1.25.